The Labute approximate surface area is 121 Å². The molecule has 0 saturated carbocycles. The second kappa shape index (κ2) is 6.27. The number of halogens is 1. The van der Waals surface area contributed by atoms with E-state index in [1.54, 1.807) is 37.9 Å². The first-order chi connectivity index (χ1) is 8.30. The fourth-order valence-corrected chi connectivity index (χ4v) is 4.10. The maximum atomic E-state index is 12.4. The Hall–Kier alpha value is -0.240. The van der Waals surface area contributed by atoms with Gasteiger partial charge in [-0.05, 0) is 30.9 Å². The predicted octanol–water partition coefficient (Wildman–Crippen LogP) is 2.32. The Morgan fingerprint density at radius 2 is 2.06 bits per heavy atom. The molecule has 0 bridgehead atoms. The normalized spacial score (nSPS) is 12.1. The van der Waals surface area contributed by atoms with Gasteiger partial charge in [0.2, 0.25) is 10.0 Å². The van der Waals surface area contributed by atoms with Crippen molar-refractivity contribution in [2.24, 2.45) is 0 Å². The number of nitrogens with zero attached hydrogens (tertiary/aromatic N) is 1. The van der Waals surface area contributed by atoms with Gasteiger partial charge in [-0.3, -0.25) is 0 Å². The Morgan fingerprint density at radius 1 is 1.44 bits per heavy atom. The van der Waals surface area contributed by atoms with E-state index in [1.807, 2.05) is 6.26 Å². The predicted molar refractivity (Wildman–Crippen MR) is 81.5 cm³/mol. The number of nitrogens with two attached hydrogens (primary N) is 1. The lowest BCUT2D eigenvalue weighted by molar-refractivity contribution is 0.488. The van der Waals surface area contributed by atoms with Gasteiger partial charge in [0.15, 0.2) is 0 Å². The van der Waals surface area contributed by atoms with Crippen LogP contribution in [-0.4, -0.2) is 38.3 Å². The fourth-order valence-electron chi connectivity index (χ4n) is 1.45. The summed E-state index contributed by atoms with van der Waals surface area (Å²) in [6.45, 7) is 2.20. The number of sulfonamides is 1. The summed E-state index contributed by atoms with van der Waals surface area (Å²) in [5.74, 6) is 0.762. The number of anilines is 1. The van der Waals surface area contributed by atoms with Crippen LogP contribution in [0.2, 0.25) is 0 Å². The van der Waals surface area contributed by atoms with Crippen LogP contribution in [0.1, 0.15) is 5.56 Å². The molecule has 0 atom stereocenters. The molecular weight excluding hydrogens is 336 g/mol. The molecule has 0 saturated heterocycles. The smallest absolute Gasteiger partial charge is 0.243 e. The van der Waals surface area contributed by atoms with Crippen molar-refractivity contribution in [1.82, 2.24) is 4.31 Å². The SMILES string of the molecule is CSCCN(C)S(=O)(=O)c1cc(Br)cc(N)c1C. The van der Waals surface area contributed by atoms with Crippen molar-refractivity contribution in [3.8, 4) is 0 Å². The number of nitrogen functional groups attached to an aromatic ring is 1. The van der Waals surface area contributed by atoms with Gasteiger partial charge in [0.05, 0.1) is 4.90 Å². The molecule has 0 aromatic heterocycles. The van der Waals surface area contributed by atoms with Gasteiger partial charge in [-0.15, -0.1) is 0 Å². The van der Waals surface area contributed by atoms with Gasteiger partial charge < -0.3 is 5.73 Å². The van der Waals surface area contributed by atoms with Crippen LogP contribution in [0.3, 0.4) is 0 Å². The summed E-state index contributed by atoms with van der Waals surface area (Å²) < 4.78 is 26.8. The van der Waals surface area contributed by atoms with Crippen molar-refractivity contribution in [1.29, 1.82) is 0 Å². The molecule has 0 aliphatic rings. The molecule has 102 valence electrons. The first-order valence-electron chi connectivity index (χ1n) is 5.31. The minimum absolute atomic E-state index is 0.262. The molecule has 0 spiro atoms. The van der Waals surface area contributed by atoms with Crippen LogP contribution in [-0.2, 0) is 10.0 Å². The van der Waals surface area contributed by atoms with Crippen molar-refractivity contribution >= 4 is 43.4 Å². The lowest BCUT2D eigenvalue weighted by Crippen LogP contribution is -2.29. The highest BCUT2D eigenvalue weighted by atomic mass is 79.9. The van der Waals surface area contributed by atoms with Crippen molar-refractivity contribution in [3.63, 3.8) is 0 Å². The molecule has 0 unspecified atom stereocenters. The van der Waals surface area contributed by atoms with Crippen LogP contribution >= 0.6 is 27.7 Å². The fraction of sp³-hybridized carbons (Fsp3) is 0.455. The van der Waals surface area contributed by atoms with E-state index >= 15 is 0 Å². The molecule has 0 amide bonds. The lowest BCUT2D eigenvalue weighted by Gasteiger charge is -2.19. The molecule has 0 aliphatic carbocycles. The van der Waals surface area contributed by atoms with E-state index in [1.165, 1.54) is 4.31 Å². The Kier molecular flexibility index (Phi) is 5.51. The summed E-state index contributed by atoms with van der Waals surface area (Å²) in [7, 11) is -1.89. The van der Waals surface area contributed by atoms with Gasteiger partial charge in [0.1, 0.15) is 0 Å². The Bertz CT molecular complexity index is 532. The first kappa shape index (κ1) is 15.8. The number of rotatable bonds is 5. The van der Waals surface area contributed by atoms with Gasteiger partial charge in [-0.25, -0.2) is 12.7 Å². The average Bonchev–Trinajstić information content (AvgIpc) is 2.30. The van der Waals surface area contributed by atoms with E-state index in [9.17, 15) is 8.42 Å². The molecule has 1 aromatic carbocycles. The average molecular weight is 353 g/mol. The van der Waals surface area contributed by atoms with Gasteiger partial charge in [0.25, 0.3) is 0 Å². The molecule has 7 heteroatoms. The molecule has 2 N–H and O–H groups in total. The molecule has 1 aromatic rings. The van der Waals surface area contributed by atoms with E-state index in [4.69, 9.17) is 5.73 Å². The molecule has 0 fully saturated rings. The minimum atomic E-state index is -3.48. The molecule has 0 heterocycles. The number of benzene rings is 1. The lowest BCUT2D eigenvalue weighted by atomic mass is 10.2. The quantitative estimate of drug-likeness (QED) is 0.826. The van der Waals surface area contributed by atoms with E-state index in [0.717, 1.165) is 5.75 Å². The van der Waals surface area contributed by atoms with Crippen LogP contribution in [0.5, 0.6) is 0 Å². The summed E-state index contributed by atoms with van der Waals surface area (Å²) in [6.07, 6.45) is 1.95. The standard InChI is InChI=1S/C11H17BrN2O2S2/c1-8-10(13)6-9(12)7-11(8)18(15,16)14(2)4-5-17-3/h6-7H,4-5,13H2,1-3H3. The van der Waals surface area contributed by atoms with Crippen LogP contribution in [0.25, 0.3) is 0 Å². The molecular formula is C11H17BrN2O2S2. The topological polar surface area (TPSA) is 63.4 Å². The second-order valence-electron chi connectivity index (χ2n) is 3.94. The zero-order chi connectivity index (χ0) is 13.9. The molecule has 0 aliphatic heterocycles. The third-order valence-electron chi connectivity index (χ3n) is 2.66. The molecule has 18 heavy (non-hydrogen) atoms. The Morgan fingerprint density at radius 3 is 2.61 bits per heavy atom. The van der Waals surface area contributed by atoms with Crippen LogP contribution in [0.15, 0.2) is 21.5 Å². The van der Waals surface area contributed by atoms with Crippen molar-refractivity contribution in [2.45, 2.75) is 11.8 Å². The van der Waals surface area contributed by atoms with Crippen molar-refractivity contribution < 1.29 is 8.42 Å². The number of hydrogen-bond acceptors (Lipinski definition) is 4. The molecule has 1 rings (SSSR count). The van der Waals surface area contributed by atoms with Crippen molar-refractivity contribution in [2.75, 3.05) is 31.3 Å². The van der Waals surface area contributed by atoms with Gasteiger partial charge >= 0.3 is 0 Å². The number of hydrogen-bond donors (Lipinski definition) is 1. The highest BCUT2D eigenvalue weighted by molar-refractivity contribution is 9.10. The van der Waals surface area contributed by atoms with E-state index in [-0.39, 0.29) is 4.90 Å². The maximum Gasteiger partial charge on any atom is 0.243 e. The van der Waals surface area contributed by atoms with Crippen LogP contribution in [0, 0.1) is 6.92 Å². The summed E-state index contributed by atoms with van der Waals surface area (Å²) in [5.41, 5.74) is 6.87. The first-order valence-corrected chi connectivity index (χ1v) is 8.94. The highest BCUT2D eigenvalue weighted by Gasteiger charge is 2.23. The minimum Gasteiger partial charge on any atom is -0.398 e. The van der Waals surface area contributed by atoms with Crippen LogP contribution in [0.4, 0.5) is 5.69 Å². The highest BCUT2D eigenvalue weighted by Crippen LogP contribution is 2.28. The van der Waals surface area contributed by atoms with Gasteiger partial charge in [-0.2, -0.15) is 11.8 Å². The van der Waals surface area contributed by atoms with E-state index in [2.05, 4.69) is 15.9 Å². The zero-order valence-electron chi connectivity index (χ0n) is 10.6. The maximum absolute atomic E-state index is 12.4. The summed E-state index contributed by atoms with van der Waals surface area (Å²) in [6, 6.07) is 3.30. The summed E-state index contributed by atoms with van der Waals surface area (Å²) in [5, 5.41) is 0. The van der Waals surface area contributed by atoms with E-state index < -0.39 is 10.0 Å². The van der Waals surface area contributed by atoms with Crippen molar-refractivity contribution in [3.05, 3.63) is 22.2 Å². The van der Waals surface area contributed by atoms with Gasteiger partial charge in [-0.1, -0.05) is 15.9 Å². The Balaban J connectivity index is 3.20. The zero-order valence-corrected chi connectivity index (χ0v) is 13.8. The third kappa shape index (κ3) is 3.40. The number of thioether (sulfide) groups is 1. The molecule has 0 radical (unpaired) electrons. The van der Waals surface area contributed by atoms with Crippen LogP contribution < -0.4 is 5.73 Å². The monoisotopic (exact) mass is 352 g/mol. The third-order valence-corrected chi connectivity index (χ3v) is 5.70. The van der Waals surface area contributed by atoms with Gasteiger partial charge in [0, 0.05) is 29.5 Å². The summed E-state index contributed by atoms with van der Waals surface area (Å²) >= 11 is 4.89. The molecule has 4 nitrogen and oxygen atoms in total. The summed E-state index contributed by atoms with van der Waals surface area (Å²) in [4.78, 5) is 0.262. The second-order valence-corrected chi connectivity index (χ2v) is 7.85. The van der Waals surface area contributed by atoms with E-state index in [0.29, 0.717) is 22.3 Å². The largest absolute Gasteiger partial charge is 0.398 e.